The largest absolute Gasteiger partial charge is 0.497 e. The van der Waals surface area contributed by atoms with Crippen LogP contribution in [0.15, 0.2) is 42.5 Å². The average molecular weight is 347 g/mol. The molecule has 1 N–H and O–H groups in total. The minimum Gasteiger partial charge on any atom is -0.497 e. The monoisotopic (exact) mass is 346 g/mol. The Labute approximate surface area is 148 Å². The number of piperazine rings is 1. The molecule has 2 aromatic rings. The molecule has 0 amide bonds. The fourth-order valence-corrected chi connectivity index (χ4v) is 3.41. The number of hydrogen-bond donors (Lipinski definition) is 1. The normalized spacial score (nSPS) is 16.6. The van der Waals surface area contributed by atoms with Crippen LogP contribution in [0.5, 0.6) is 11.5 Å². The third kappa shape index (κ3) is 3.66. The molecule has 2 aromatic carbocycles. The highest BCUT2D eigenvalue weighted by Crippen LogP contribution is 2.37. The van der Waals surface area contributed by atoms with Crippen molar-refractivity contribution in [2.75, 3.05) is 40.4 Å². The summed E-state index contributed by atoms with van der Waals surface area (Å²) in [5.41, 5.74) is 2.30. The van der Waals surface area contributed by atoms with Gasteiger partial charge in [-0.3, -0.25) is 4.90 Å². The highest BCUT2D eigenvalue weighted by atomic mass is 35.5. The van der Waals surface area contributed by atoms with E-state index in [2.05, 4.69) is 22.3 Å². The molecule has 0 aliphatic carbocycles. The maximum atomic E-state index is 6.29. The maximum absolute atomic E-state index is 6.29. The Hall–Kier alpha value is -1.75. The lowest BCUT2D eigenvalue weighted by molar-refractivity contribution is 0.195. The van der Waals surface area contributed by atoms with Crippen molar-refractivity contribution < 1.29 is 9.47 Å². The Balaban J connectivity index is 2.05. The fourth-order valence-electron chi connectivity index (χ4n) is 3.23. The maximum Gasteiger partial charge on any atom is 0.124 e. The average Bonchev–Trinajstić information content (AvgIpc) is 2.64. The summed E-state index contributed by atoms with van der Waals surface area (Å²) in [6.07, 6.45) is 0. The first-order chi connectivity index (χ1) is 11.7. The van der Waals surface area contributed by atoms with E-state index in [0.29, 0.717) is 0 Å². The molecule has 0 bridgehead atoms. The first kappa shape index (κ1) is 17.1. The zero-order valence-corrected chi connectivity index (χ0v) is 14.8. The molecule has 1 saturated heterocycles. The van der Waals surface area contributed by atoms with Crippen LogP contribution in [0, 0.1) is 0 Å². The number of rotatable bonds is 5. The molecule has 1 fully saturated rings. The lowest BCUT2D eigenvalue weighted by atomic mass is 9.95. The molecule has 0 aromatic heterocycles. The van der Waals surface area contributed by atoms with Gasteiger partial charge in [0.2, 0.25) is 0 Å². The van der Waals surface area contributed by atoms with E-state index in [-0.39, 0.29) is 6.04 Å². The SMILES string of the molecule is COc1ccc(C(c2cc(Cl)ccc2OC)N2CCNCC2)cc1. The summed E-state index contributed by atoms with van der Waals surface area (Å²) in [5, 5.41) is 4.13. The van der Waals surface area contributed by atoms with Gasteiger partial charge in [-0.15, -0.1) is 0 Å². The fraction of sp³-hybridized carbons (Fsp3) is 0.368. The van der Waals surface area contributed by atoms with Crippen molar-refractivity contribution in [1.82, 2.24) is 10.2 Å². The van der Waals surface area contributed by atoms with Gasteiger partial charge in [0.25, 0.3) is 0 Å². The van der Waals surface area contributed by atoms with Gasteiger partial charge in [0, 0.05) is 36.8 Å². The zero-order chi connectivity index (χ0) is 16.9. The highest BCUT2D eigenvalue weighted by molar-refractivity contribution is 6.30. The Morgan fingerprint density at radius 1 is 1.00 bits per heavy atom. The number of hydrogen-bond acceptors (Lipinski definition) is 4. The summed E-state index contributed by atoms with van der Waals surface area (Å²) < 4.78 is 10.9. The van der Waals surface area contributed by atoms with E-state index in [1.165, 1.54) is 5.56 Å². The molecule has 3 rings (SSSR count). The van der Waals surface area contributed by atoms with Crippen molar-refractivity contribution in [3.05, 3.63) is 58.6 Å². The summed E-state index contributed by atoms with van der Waals surface area (Å²) in [6.45, 7) is 3.92. The number of methoxy groups -OCH3 is 2. The third-order valence-corrected chi connectivity index (χ3v) is 4.67. The van der Waals surface area contributed by atoms with E-state index in [4.69, 9.17) is 21.1 Å². The summed E-state index contributed by atoms with van der Waals surface area (Å²) in [4.78, 5) is 2.46. The Kier molecular flexibility index (Phi) is 5.61. The van der Waals surface area contributed by atoms with Crippen molar-refractivity contribution in [2.24, 2.45) is 0 Å². The molecule has 1 heterocycles. The lowest BCUT2D eigenvalue weighted by Gasteiger charge is -2.36. The zero-order valence-electron chi connectivity index (χ0n) is 14.1. The van der Waals surface area contributed by atoms with Gasteiger partial charge in [0.1, 0.15) is 11.5 Å². The standard InChI is InChI=1S/C19H23ClN2O2/c1-23-16-6-3-14(4-7-16)19(22-11-9-21-10-12-22)17-13-15(20)5-8-18(17)24-2/h3-8,13,19,21H,9-12H2,1-2H3. The van der Waals surface area contributed by atoms with Crippen LogP contribution in [0.25, 0.3) is 0 Å². The first-order valence-corrected chi connectivity index (χ1v) is 8.53. The highest BCUT2D eigenvalue weighted by Gasteiger charge is 2.26. The molecule has 0 radical (unpaired) electrons. The number of halogens is 1. The summed E-state index contributed by atoms with van der Waals surface area (Å²) in [5.74, 6) is 1.72. The topological polar surface area (TPSA) is 33.7 Å². The van der Waals surface area contributed by atoms with Crippen LogP contribution in [-0.2, 0) is 0 Å². The van der Waals surface area contributed by atoms with E-state index >= 15 is 0 Å². The molecule has 1 aliphatic heterocycles. The van der Waals surface area contributed by atoms with Gasteiger partial charge >= 0.3 is 0 Å². The smallest absolute Gasteiger partial charge is 0.124 e. The molecule has 1 aliphatic rings. The molecule has 24 heavy (non-hydrogen) atoms. The summed E-state index contributed by atoms with van der Waals surface area (Å²) in [7, 11) is 3.39. The minimum atomic E-state index is 0.103. The van der Waals surface area contributed by atoms with Crippen molar-refractivity contribution in [1.29, 1.82) is 0 Å². The Morgan fingerprint density at radius 3 is 2.33 bits per heavy atom. The van der Waals surface area contributed by atoms with Gasteiger partial charge in [-0.25, -0.2) is 0 Å². The molecule has 4 nitrogen and oxygen atoms in total. The van der Waals surface area contributed by atoms with Crippen LogP contribution in [0.3, 0.4) is 0 Å². The molecule has 0 saturated carbocycles. The van der Waals surface area contributed by atoms with E-state index < -0.39 is 0 Å². The van der Waals surface area contributed by atoms with Gasteiger partial charge in [-0.2, -0.15) is 0 Å². The molecular formula is C19H23ClN2O2. The van der Waals surface area contributed by atoms with Crippen LogP contribution in [0.2, 0.25) is 5.02 Å². The quantitative estimate of drug-likeness (QED) is 0.900. The Bertz CT molecular complexity index is 670. The van der Waals surface area contributed by atoms with Gasteiger partial charge < -0.3 is 14.8 Å². The van der Waals surface area contributed by atoms with Crippen LogP contribution >= 0.6 is 11.6 Å². The van der Waals surface area contributed by atoms with E-state index in [1.807, 2.05) is 30.3 Å². The predicted molar refractivity (Wildman–Crippen MR) is 97.3 cm³/mol. The molecule has 128 valence electrons. The minimum absolute atomic E-state index is 0.103. The van der Waals surface area contributed by atoms with Crippen LogP contribution in [0.1, 0.15) is 17.2 Å². The number of benzene rings is 2. The van der Waals surface area contributed by atoms with Gasteiger partial charge in [0.15, 0.2) is 0 Å². The van der Waals surface area contributed by atoms with E-state index in [9.17, 15) is 0 Å². The molecule has 5 heteroatoms. The van der Waals surface area contributed by atoms with Crippen molar-refractivity contribution in [3.8, 4) is 11.5 Å². The molecule has 0 spiro atoms. The van der Waals surface area contributed by atoms with Crippen molar-refractivity contribution >= 4 is 11.6 Å². The molecular weight excluding hydrogens is 324 g/mol. The lowest BCUT2D eigenvalue weighted by Crippen LogP contribution is -2.45. The van der Waals surface area contributed by atoms with Gasteiger partial charge in [-0.1, -0.05) is 23.7 Å². The summed E-state index contributed by atoms with van der Waals surface area (Å²) in [6, 6.07) is 14.2. The number of nitrogens with one attached hydrogen (secondary N) is 1. The second-order valence-corrected chi connectivity index (χ2v) is 6.28. The molecule has 1 atom stereocenters. The molecule has 1 unspecified atom stereocenters. The van der Waals surface area contributed by atoms with Crippen LogP contribution in [0.4, 0.5) is 0 Å². The number of nitrogens with zero attached hydrogens (tertiary/aromatic N) is 1. The van der Waals surface area contributed by atoms with Crippen molar-refractivity contribution in [2.45, 2.75) is 6.04 Å². The van der Waals surface area contributed by atoms with Gasteiger partial charge in [-0.05, 0) is 35.9 Å². The second-order valence-electron chi connectivity index (χ2n) is 5.85. The first-order valence-electron chi connectivity index (χ1n) is 8.15. The van der Waals surface area contributed by atoms with Crippen molar-refractivity contribution in [3.63, 3.8) is 0 Å². The van der Waals surface area contributed by atoms with Crippen LogP contribution < -0.4 is 14.8 Å². The number of ether oxygens (including phenoxy) is 2. The van der Waals surface area contributed by atoms with E-state index in [1.54, 1.807) is 14.2 Å². The van der Waals surface area contributed by atoms with Gasteiger partial charge in [0.05, 0.1) is 20.3 Å². The Morgan fingerprint density at radius 2 is 1.71 bits per heavy atom. The van der Waals surface area contributed by atoms with Crippen LogP contribution in [-0.4, -0.2) is 45.3 Å². The predicted octanol–water partition coefficient (Wildman–Crippen LogP) is 3.35. The third-order valence-electron chi connectivity index (χ3n) is 4.43. The van der Waals surface area contributed by atoms with E-state index in [0.717, 1.165) is 48.3 Å². The second kappa shape index (κ2) is 7.88. The summed E-state index contributed by atoms with van der Waals surface area (Å²) >= 11 is 6.29.